The van der Waals surface area contributed by atoms with Crippen LogP contribution in [0.5, 0.6) is 11.5 Å². The van der Waals surface area contributed by atoms with E-state index >= 15 is 0 Å². The summed E-state index contributed by atoms with van der Waals surface area (Å²) < 4.78 is 10.5. The summed E-state index contributed by atoms with van der Waals surface area (Å²) in [6, 6.07) is 12.7. The molecule has 0 saturated carbocycles. The normalized spacial score (nSPS) is 17.4. The van der Waals surface area contributed by atoms with E-state index in [-0.39, 0.29) is 25.0 Å². The van der Waals surface area contributed by atoms with Crippen molar-refractivity contribution in [2.24, 2.45) is 0 Å². The van der Waals surface area contributed by atoms with Crippen LogP contribution in [0.4, 0.5) is 16.2 Å². The predicted molar refractivity (Wildman–Crippen MR) is 105 cm³/mol. The van der Waals surface area contributed by atoms with Crippen LogP contribution in [0.15, 0.2) is 48.5 Å². The Labute approximate surface area is 167 Å². The van der Waals surface area contributed by atoms with Crippen LogP contribution in [0.3, 0.4) is 0 Å². The lowest BCUT2D eigenvalue weighted by Crippen LogP contribution is -2.59. The molecule has 0 spiro atoms. The molecule has 0 aliphatic carbocycles. The molecule has 9 heteroatoms. The quantitative estimate of drug-likeness (QED) is 0.730. The van der Waals surface area contributed by atoms with Gasteiger partial charge in [0.1, 0.15) is 6.04 Å². The van der Waals surface area contributed by atoms with Gasteiger partial charge in [-0.05, 0) is 24.3 Å². The van der Waals surface area contributed by atoms with E-state index in [1.807, 2.05) is 6.07 Å². The first-order valence-corrected chi connectivity index (χ1v) is 9.20. The molecule has 1 saturated heterocycles. The lowest BCUT2D eigenvalue weighted by molar-refractivity contribution is -0.130. The van der Waals surface area contributed by atoms with Gasteiger partial charge in [0.25, 0.3) is 0 Å². The van der Waals surface area contributed by atoms with Gasteiger partial charge in [0.05, 0.1) is 6.42 Å². The first kappa shape index (κ1) is 18.6. The second-order valence-electron chi connectivity index (χ2n) is 6.62. The number of nitrogens with zero attached hydrogens (tertiary/aromatic N) is 1. The minimum absolute atomic E-state index is 0.139. The first-order valence-electron chi connectivity index (χ1n) is 9.20. The minimum atomic E-state index is -0.901. The summed E-state index contributed by atoms with van der Waals surface area (Å²) in [6.45, 7) is 0.786. The number of hydrogen-bond donors (Lipinski definition) is 3. The highest BCUT2D eigenvalue weighted by Crippen LogP contribution is 2.34. The Bertz CT molecular complexity index is 934. The number of carbonyl (C=O) groups excluding carboxylic acids is 3. The van der Waals surface area contributed by atoms with Gasteiger partial charge in [-0.1, -0.05) is 18.2 Å². The van der Waals surface area contributed by atoms with E-state index in [2.05, 4.69) is 16.0 Å². The highest BCUT2D eigenvalue weighted by atomic mass is 16.7. The van der Waals surface area contributed by atoms with Crippen LogP contribution in [0, 0.1) is 0 Å². The molecule has 2 aliphatic rings. The van der Waals surface area contributed by atoms with Crippen molar-refractivity contribution >= 4 is 29.2 Å². The molecule has 150 valence electrons. The zero-order valence-corrected chi connectivity index (χ0v) is 15.5. The van der Waals surface area contributed by atoms with Gasteiger partial charge >= 0.3 is 6.03 Å². The van der Waals surface area contributed by atoms with Gasteiger partial charge in [-0.25, -0.2) is 4.79 Å². The number of fused-ring (bicyclic) bond motifs is 1. The largest absolute Gasteiger partial charge is 0.454 e. The molecule has 0 bridgehead atoms. The summed E-state index contributed by atoms with van der Waals surface area (Å²) in [6.07, 6.45) is -0.164. The van der Waals surface area contributed by atoms with E-state index in [0.29, 0.717) is 36.0 Å². The molecule has 2 aromatic carbocycles. The molecule has 2 aliphatic heterocycles. The molecular weight excluding hydrogens is 376 g/mol. The Balaban J connectivity index is 1.42. The molecular formula is C20H20N4O5. The number of benzene rings is 2. The van der Waals surface area contributed by atoms with Gasteiger partial charge in [0, 0.05) is 30.5 Å². The number of piperazine rings is 1. The van der Waals surface area contributed by atoms with Gasteiger partial charge in [0.15, 0.2) is 11.5 Å². The van der Waals surface area contributed by atoms with Crippen LogP contribution < -0.4 is 25.4 Å². The third kappa shape index (κ3) is 4.23. The monoisotopic (exact) mass is 396 g/mol. The number of ether oxygens (including phenoxy) is 2. The third-order valence-corrected chi connectivity index (χ3v) is 4.65. The maximum absolute atomic E-state index is 12.7. The number of amides is 4. The van der Waals surface area contributed by atoms with Crippen molar-refractivity contribution in [3.8, 4) is 11.5 Å². The van der Waals surface area contributed by atoms with Gasteiger partial charge in [-0.2, -0.15) is 0 Å². The van der Waals surface area contributed by atoms with Gasteiger partial charge in [-0.15, -0.1) is 0 Å². The van der Waals surface area contributed by atoms with Crippen LogP contribution in [-0.2, 0) is 9.59 Å². The topological polar surface area (TPSA) is 109 Å². The highest BCUT2D eigenvalue weighted by Gasteiger charge is 2.35. The maximum atomic E-state index is 12.7. The summed E-state index contributed by atoms with van der Waals surface area (Å²) >= 11 is 0. The molecule has 0 aromatic heterocycles. The third-order valence-electron chi connectivity index (χ3n) is 4.65. The first-order chi connectivity index (χ1) is 14.1. The highest BCUT2D eigenvalue weighted by molar-refractivity contribution is 5.99. The standard InChI is InChI=1S/C20H20N4O5/c25-18(22-14-6-7-16-17(10-14)29-12-28-16)11-15-19(26)21-8-9-24(15)20(27)23-13-4-2-1-3-5-13/h1-7,10,15H,8-9,11-12H2,(H,21,26)(H,22,25)(H,23,27)/t15-/m1/s1. The van der Waals surface area contributed by atoms with Gasteiger partial charge in [-0.3, -0.25) is 9.59 Å². The summed E-state index contributed by atoms with van der Waals surface area (Å²) in [7, 11) is 0. The number of para-hydroxylation sites is 1. The zero-order valence-electron chi connectivity index (χ0n) is 15.5. The SMILES string of the molecule is O=C(C[C@@H]1C(=O)NCCN1C(=O)Nc1ccccc1)Nc1ccc2c(c1)OCO2. The van der Waals surface area contributed by atoms with Crippen LogP contribution in [0.1, 0.15) is 6.42 Å². The second-order valence-corrected chi connectivity index (χ2v) is 6.62. The van der Waals surface area contributed by atoms with Crippen molar-refractivity contribution in [3.05, 3.63) is 48.5 Å². The van der Waals surface area contributed by atoms with Gasteiger partial charge < -0.3 is 30.3 Å². The van der Waals surface area contributed by atoms with Crippen LogP contribution >= 0.6 is 0 Å². The summed E-state index contributed by atoms with van der Waals surface area (Å²) in [5.74, 6) is 0.407. The molecule has 4 rings (SSSR count). The summed E-state index contributed by atoms with van der Waals surface area (Å²) in [4.78, 5) is 38.9. The average molecular weight is 396 g/mol. The second kappa shape index (κ2) is 8.09. The summed E-state index contributed by atoms with van der Waals surface area (Å²) in [5.41, 5.74) is 1.14. The van der Waals surface area contributed by atoms with E-state index in [1.54, 1.807) is 42.5 Å². The molecule has 2 heterocycles. The number of hydrogen-bond acceptors (Lipinski definition) is 5. The van der Waals surface area contributed by atoms with E-state index in [9.17, 15) is 14.4 Å². The minimum Gasteiger partial charge on any atom is -0.454 e. The average Bonchev–Trinajstić information content (AvgIpc) is 3.18. The fourth-order valence-corrected chi connectivity index (χ4v) is 3.24. The van der Waals surface area contributed by atoms with Crippen molar-refractivity contribution in [2.75, 3.05) is 30.5 Å². The number of nitrogens with one attached hydrogen (secondary N) is 3. The lowest BCUT2D eigenvalue weighted by Gasteiger charge is -2.34. The molecule has 3 N–H and O–H groups in total. The van der Waals surface area contributed by atoms with Crippen molar-refractivity contribution in [2.45, 2.75) is 12.5 Å². The fourth-order valence-electron chi connectivity index (χ4n) is 3.24. The number of urea groups is 1. The molecule has 1 atom stereocenters. The Morgan fingerprint density at radius 3 is 2.66 bits per heavy atom. The Morgan fingerprint density at radius 2 is 1.83 bits per heavy atom. The number of anilines is 2. The van der Waals surface area contributed by atoms with Crippen molar-refractivity contribution < 1.29 is 23.9 Å². The Kier molecular flexibility index (Phi) is 5.19. The summed E-state index contributed by atoms with van der Waals surface area (Å²) in [5, 5.41) is 8.20. The van der Waals surface area contributed by atoms with E-state index in [0.717, 1.165) is 0 Å². The molecule has 29 heavy (non-hydrogen) atoms. The van der Waals surface area contributed by atoms with Crippen LogP contribution in [0.2, 0.25) is 0 Å². The molecule has 9 nitrogen and oxygen atoms in total. The Hall–Kier alpha value is -3.75. The number of rotatable bonds is 4. The van der Waals surface area contributed by atoms with Gasteiger partial charge in [0.2, 0.25) is 18.6 Å². The van der Waals surface area contributed by atoms with Crippen LogP contribution in [0.25, 0.3) is 0 Å². The number of carbonyl (C=O) groups is 3. The zero-order chi connectivity index (χ0) is 20.2. The van der Waals surface area contributed by atoms with Crippen LogP contribution in [-0.4, -0.2) is 48.7 Å². The smallest absolute Gasteiger partial charge is 0.322 e. The van der Waals surface area contributed by atoms with E-state index < -0.39 is 12.1 Å². The predicted octanol–water partition coefficient (Wildman–Crippen LogP) is 1.78. The lowest BCUT2D eigenvalue weighted by atomic mass is 10.1. The maximum Gasteiger partial charge on any atom is 0.322 e. The molecule has 0 unspecified atom stereocenters. The van der Waals surface area contributed by atoms with Crippen molar-refractivity contribution in [1.82, 2.24) is 10.2 Å². The fraction of sp³-hybridized carbons (Fsp3) is 0.250. The van der Waals surface area contributed by atoms with E-state index in [1.165, 1.54) is 4.90 Å². The van der Waals surface area contributed by atoms with E-state index in [4.69, 9.17) is 9.47 Å². The molecule has 1 fully saturated rings. The molecule has 2 aromatic rings. The van der Waals surface area contributed by atoms with Crippen molar-refractivity contribution in [3.63, 3.8) is 0 Å². The molecule has 0 radical (unpaired) electrons. The van der Waals surface area contributed by atoms with Crippen molar-refractivity contribution in [1.29, 1.82) is 0 Å². The Morgan fingerprint density at radius 1 is 1.03 bits per heavy atom. The molecule has 4 amide bonds.